The Kier molecular flexibility index (Phi) is 4.20. The molecule has 0 spiro atoms. The van der Waals surface area contributed by atoms with E-state index in [1.54, 1.807) is 13.0 Å². The van der Waals surface area contributed by atoms with Gasteiger partial charge in [-0.15, -0.1) is 0 Å². The van der Waals surface area contributed by atoms with E-state index in [-0.39, 0.29) is 4.90 Å². The summed E-state index contributed by atoms with van der Waals surface area (Å²) in [6.07, 6.45) is 0.553. The van der Waals surface area contributed by atoms with E-state index in [1.807, 2.05) is 0 Å². The molecule has 1 aliphatic heterocycles. The normalized spacial score (nSPS) is 18.7. The Bertz CT molecular complexity index is 581. The Morgan fingerprint density at radius 3 is 2.53 bits per heavy atom. The molecule has 0 radical (unpaired) electrons. The number of hydrogen-bond donors (Lipinski definition) is 2. The quantitative estimate of drug-likeness (QED) is 0.793. The molecule has 1 aromatic carbocycles. The van der Waals surface area contributed by atoms with Crippen LogP contribution in [0.4, 0.5) is 5.69 Å². The molecule has 0 unspecified atom stereocenters. The summed E-state index contributed by atoms with van der Waals surface area (Å²) in [6.45, 7) is 2.44. The lowest BCUT2D eigenvalue weighted by Gasteiger charge is -2.29. The first-order valence-electron chi connectivity index (χ1n) is 6.06. The third kappa shape index (κ3) is 2.94. The van der Waals surface area contributed by atoms with Crippen LogP contribution >= 0.6 is 15.9 Å². The monoisotopic (exact) mass is 348 g/mol. The Balaban J connectivity index is 2.37. The molecule has 106 valence electrons. The average Bonchev–Trinajstić information content (AvgIpc) is 2.34. The van der Waals surface area contributed by atoms with E-state index in [2.05, 4.69) is 15.9 Å². The number of anilines is 1. The molecule has 1 aliphatic rings. The van der Waals surface area contributed by atoms with Gasteiger partial charge >= 0.3 is 0 Å². The Morgan fingerprint density at radius 2 is 1.95 bits per heavy atom. The van der Waals surface area contributed by atoms with Gasteiger partial charge in [-0.1, -0.05) is 0 Å². The van der Waals surface area contributed by atoms with Crippen molar-refractivity contribution in [2.24, 2.45) is 0 Å². The first-order chi connectivity index (χ1) is 8.82. The van der Waals surface area contributed by atoms with E-state index in [0.29, 0.717) is 41.7 Å². The molecule has 1 saturated heterocycles. The summed E-state index contributed by atoms with van der Waals surface area (Å²) in [6, 6.07) is 3.20. The maximum Gasteiger partial charge on any atom is 0.243 e. The highest BCUT2D eigenvalue weighted by Crippen LogP contribution is 2.29. The Morgan fingerprint density at radius 1 is 1.37 bits per heavy atom. The minimum atomic E-state index is -3.53. The van der Waals surface area contributed by atoms with E-state index in [1.165, 1.54) is 10.4 Å². The molecule has 3 N–H and O–H groups in total. The molecule has 7 heteroatoms. The lowest BCUT2D eigenvalue weighted by atomic mass is 10.1. The highest BCUT2D eigenvalue weighted by molar-refractivity contribution is 9.10. The summed E-state index contributed by atoms with van der Waals surface area (Å²) >= 11 is 3.28. The van der Waals surface area contributed by atoms with Crippen molar-refractivity contribution in [2.45, 2.75) is 30.8 Å². The first kappa shape index (κ1) is 14.8. The maximum atomic E-state index is 12.6. The summed E-state index contributed by atoms with van der Waals surface area (Å²) < 4.78 is 27.2. The zero-order chi connectivity index (χ0) is 14.2. The van der Waals surface area contributed by atoms with E-state index in [9.17, 15) is 13.5 Å². The molecule has 1 aromatic rings. The van der Waals surface area contributed by atoms with Gasteiger partial charge in [0, 0.05) is 23.2 Å². The number of aliphatic hydroxyl groups excluding tert-OH is 1. The second-order valence-corrected chi connectivity index (χ2v) is 7.54. The summed E-state index contributed by atoms with van der Waals surface area (Å²) in [4.78, 5) is 0.240. The van der Waals surface area contributed by atoms with Crippen molar-refractivity contribution in [2.75, 3.05) is 18.8 Å². The standard InChI is InChI=1S/C12H17BrN2O3S/c1-8-6-10(13)11(14)7-12(8)19(17,18)15-4-2-9(16)3-5-15/h6-7,9,16H,2-5,14H2,1H3. The SMILES string of the molecule is Cc1cc(Br)c(N)cc1S(=O)(=O)N1CCC(O)CC1. The molecular formula is C12H17BrN2O3S. The van der Waals surface area contributed by atoms with Crippen LogP contribution in [0.2, 0.25) is 0 Å². The number of hydrogen-bond acceptors (Lipinski definition) is 4. The summed E-state index contributed by atoms with van der Waals surface area (Å²) in [5.41, 5.74) is 6.83. The van der Waals surface area contributed by atoms with Gasteiger partial charge in [-0.2, -0.15) is 4.31 Å². The second kappa shape index (κ2) is 5.40. The minimum Gasteiger partial charge on any atom is -0.398 e. The van der Waals surface area contributed by atoms with Crippen LogP contribution in [0.3, 0.4) is 0 Å². The average molecular weight is 349 g/mol. The number of nitrogen functional groups attached to an aromatic ring is 1. The molecular weight excluding hydrogens is 332 g/mol. The van der Waals surface area contributed by atoms with Crippen LogP contribution in [-0.2, 0) is 10.0 Å². The van der Waals surface area contributed by atoms with Gasteiger partial charge < -0.3 is 10.8 Å². The van der Waals surface area contributed by atoms with Crippen LogP contribution in [0.5, 0.6) is 0 Å². The zero-order valence-corrected chi connectivity index (χ0v) is 13.0. The number of nitrogens with two attached hydrogens (primary N) is 1. The highest BCUT2D eigenvalue weighted by atomic mass is 79.9. The summed E-state index contributed by atoms with van der Waals surface area (Å²) in [7, 11) is -3.53. The second-order valence-electron chi connectivity index (χ2n) is 4.77. The smallest absolute Gasteiger partial charge is 0.243 e. The number of benzene rings is 1. The van der Waals surface area contributed by atoms with Crippen LogP contribution in [0, 0.1) is 6.92 Å². The molecule has 19 heavy (non-hydrogen) atoms. The fourth-order valence-corrected chi connectivity index (χ4v) is 4.34. The fraction of sp³-hybridized carbons (Fsp3) is 0.500. The van der Waals surface area contributed by atoms with Crippen molar-refractivity contribution in [1.82, 2.24) is 4.31 Å². The fourth-order valence-electron chi connectivity index (χ4n) is 2.17. The largest absolute Gasteiger partial charge is 0.398 e. The van der Waals surface area contributed by atoms with Crippen molar-refractivity contribution >= 4 is 31.6 Å². The van der Waals surface area contributed by atoms with E-state index < -0.39 is 16.1 Å². The number of halogens is 1. The van der Waals surface area contributed by atoms with Crippen molar-refractivity contribution in [3.8, 4) is 0 Å². The number of aryl methyl sites for hydroxylation is 1. The number of sulfonamides is 1. The van der Waals surface area contributed by atoms with Crippen LogP contribution in [0.25, 0.3) is 0 Å². The van der Waals surface area contributed by atoms with Crippen molar-refractivity contribution in [1.29, 1.82) is 0 Å². The number of rotatable bonds is 2. The third-order valence-corrected chi connectivity index (χ3v) is 6.06. The van der Waals surface area contributed by atoms with E-state index in [4.69, 9.17) is 5.73 Å². The van der Waals surface area contributed by atoms with Crippen LogP contribution in [0.15, 0.2) is 21.5 Å². The third-order valence-electron chi connectivity index (χ3n) is 3.34. The van der Waals surface area contributed by atoms with Gasteiger partial charge in [0.15, 0.2) is 0 Å². The van der Waals surface area contributed by atoms with Gasteiger partial charge in [0.05, 0.1) is 11.0 Å². The number of nitrogens with zero attached hydrogens (tertiary/aromatic N) is 1. The predicted molar refractivity (Wildman–Crippen MR) is 77.3 cm³/mol. The van der Waals surface area contributed by atoms with Gasteiger partial charge in [-0.25, -0.2) is 8.42 Å². The van der Waals surface area contributed by atoms with Crippen LogP contribution in [0.1, 0.15) is 18.4 Å². The molecule has 0 atom stereocenters. The summed E-state index contributed by atoms with van der Waals surface area (Å²) in [5.74, 6) is 0. The molecule has 5 nitrogen and oxygen atoms in total. The molecule has 0 aliphatic carbocycles. The van der Waals surface area contributed by atoms with Crippen molar-refractivity contribution in [3.63, 3.8) is 0 Å². The molecule has 1 fully saturated rings. The van der Waals surface area contributed by atoms with Gasteiger partial charge in [-0.05, 0) is 53.4 Å². The number of piperidine rings is 1. The molecule has 0 amide bonds. The number of aliphatic hydroxyl groups is 1. The molecule has 2 rings (SSSR count). The maximum absolute atomic E-state index is 12.6. The lowest BCUT2D eigenvalue weighted by molar-refractivity contribution is 0.113. The van der Waals surface area contributed by atoms with E-state index in [0.717, 1.165) is 0 Å². The van der Waals surface area contributed by atoms with Crippen LogP contribution < -0.4 is 5.73 Å². The zero-order valence-electron chi connectivity index (χ0n) is 10.6. The van der Waals surface area contributed by atoms with Gasteiger partial charge in [0.2, 0.25) is 10.0 Å². The van der Waals surface area contributed by atoms with E-state index >= 15 is 0 Å². The minimum absolute atomic E-state index is 0.240. The Hall–Kier alpha value is -0.630. The predicted octanol–water partition coefficient (Wildman–Crippen LogP) is 1.49. The molecule has 1 heterocycles. The van der Waals surface area contributed by atoms with Crippen molar-refractivity contribution in [3.05, 3.63) is 22.2 Å². The van der Waals surface area contributed by atoms with Gasteiger partial charge in [0.1, 0.15) is 0 Å². The Labute approximate surface area is 121 Å². The molecule has 0 saturated carbocycles. The summed E-state index contributed by atoms with van der Waals surface area (Å²) in [5, 5.41) is 9.45. The topological polar surface area (TPSA) is 83.6 Å². The van der Waals surface area contributed by atoms with Gasteiger partial charge in [0.25, 0.3) is 0 Å². The lowest BCUT2D eigenvalue weighted by Crippen LogP contribution is -2.40. The van der Waals surface area contributed by atoms with Crippen molar-refractivity contribution < 1.29 is 13.5 Å². The highest BCUT2D eigenvalue weighted by Gasteiger charge is 2.30. The molecule has 0 aromatic heterocycles. The van der Waals surface area contributed by atoms with Crippen LogP contribution in [-0.4, -0.2) is 37.0 Å². The van der Waals surface area contributed by atoms with Gasteiger partial charge in [-0.3, -0.25) is 0 Å². The molecule has 0 bridgehead atoms. The first-order valence-corrected chi connectivity index (χ1v) is 8.29.